The summed E-state index contributed by atoms with van der Waals surface area (Å²) in [5, 5.41) is 4.47. The number of benzene rings is 1. The van der Waals surface area contributed by atoms with Crippen LogP contribution in [0.5, 0.6) is 0 Å². The molecule has 2 N–H and O–H groups in total. The highest BCUT2D eigenvalue weighted by atomic mass is 15.3. The molecule has 0 atom stereocenters. The summed E-state index contributed by atoms with van der Waals surface area (Å²) in [7, 11) is 1.98. The maximum Gasteiger partial charge on any atom is 0.0674 e. The van der Waals surface area contributed by atoms with Crippen LogP contribution in [0.25, 0.3) is 11.1 Å². The average molecular weight is 215 g/mol. The predicted molar refractivity (Wildman–Crippen MR) is 66.1 cm³/mol. The smallest absolute Gasteiger partial charge is 0.0674 e. The monoisotopic (exact) mass is 215 g/mol. The predicted octanol–water partition coefficient (Wildman–Crippen LogP) is 1.90. The lowest BCUT2D eigenvalue weighted by atomic mass is 10.0. The molecular formula is C13H17N3. The number of nitrogens with zero attached hydrogens (tertiary/aromatic N) is 2. The summed E-state index contributed by atoms with van der Waals surface area (Å²) >= 11 is 0. The van der Waals surface area contributed by atoms with E-state index in [1.165, 1.54) is 16.8 Å². The van der Waals surface area contributed by atoms with Crippen LogP contribution in [-0.4, -0.2) is 16.3 Å². The molecule has 0 saturated heterocycles. The van der Waals surface area contributed by atoms with Crippen LogP contribution in [0.1, 0.15) is 11.4 Å². The number of nitrogens with two attached hydrogens (primary N) is 1. The third kappa shape index (κ3) is 1.86. The van der Waals surface area contributed by atoms with E-state index in [9.17, 15) is 0 Å². The van der Waals surface area contributed by atoms with Gasteiger partial charge in [0.2, 0.25) is 0 Å². The van der Waals surface area contributed by atoms with Gasteiger partial charge in [0, 0.05) is 24.7 Å². The lowest BCUT2D eigenvalue weighted by molar-refractivity contribution is 0.701. The Morgan fingerprint density at radius 3 is 2.56 bits per heavy atom. The molecule has 84 valence electrons. The molecule has 1 aromatic carbocycles. The van der Waals surface area contributed by atoms with Gasteiger partial charge in [-0.2, -0.15) is 5.10 Å². The summed E-state index contributed by atoms with van der Waals surface area (Å²) in [6.45, 7) is 2.70. The van der Waals surface area contributed by atoms with Gasteiger partial charge in [-0.15, -0.1) is 0 Å². The standard InChI is InChI=1S/C13H17N3/c1-10-13(11-6-4-3-5-7-11)12(8-9-14)16(2)15-10/h3-7H,8-9,14H2,1-2H3. The Bertz CT molecular complexity index is 471. The van der Waals surface area contributed by atoms with Crippen molar-refractivity contribution in [1.82, 2.24) is 9.78 Å². The summed E-state index contributed by atoms with van der Waals surface area (Å²) in [6, 6.07) is 10.4. The molecule has 1 heterocycles. The molecule has 3 nitrogen and oxygen atoms in total. The lowest BCUT2D eigenvalue weighted by Gasteiger charge is -2.05. The second kappa shape index (κ2) is 4.49. The van der Waals surface area contributed by atoms with E-state index in [2.05, 4.69) is 17.2 Å². The first-order chi connectivity index (χ1) is 7.74. The zero-order valence-corrected chi connectivity index (χ0v) is 9.77. The van der Waals surface area contributed by atoms with Gasteiger partial charge in [0.15, 0.2) is 0 Å². The average Bonchev–Trinajstić information content (AvgIpc) is 2.56. The van der Waals surface area contributed by atoms with Crippen molar-refractivity contribution in [2.24, 2.45) is 12.8 Å². The largest absolute Gasteiger partial charge is 0.330 e. The van der Waals surface area contributed by atoms with E-state index in [-0.39, 0.29) is 0 Å². The van der Waals surface area contributed by atoms with Crippen LogP contribution < -0.4 is 5.73 Å². The number of hydrogen-bond donors (Lipinski definition) is 1. The summed E-state index contributed by atoms with van der Waals surface area (Å²) in [4.78, 5) is 0. The van der Waals surface area contributed by atoms with Crippen molar-refractivity contribution in [3.63, 3.8) is 0 Å². The summed E-state index contributed by atoms with van der Waals surface area (Å²) < 4.78 is 1.94. The van der Waals surface area contributed by atoms with Gasteiger partial charge in [0.25, 0.3) is 0 Å². The molecule has 0 saturated carbocycles. The second-order valence-corrected chi connectivity index (χ2v) is 3.94. The van der Waals surface area contributed by atoms with Gasteiger partial charge < -0.3 is 5.73 Å². The molecule has 3 heteroatoms. The minimum Gasteiger partial charge on any atom is -0.330 e. The van der Waals surface area contributed by atoms with E-state index in [1.54, 1.807) is 0 Å². The molecule has 0 unspecified atom stereocenters. The van der Waals surface area contributed by atoms with E-state index < -0.39 is 0 Å². The van der Waals surface area contributed by atoms with Crippen molar-refractivity contribution >= 4 is 0 Å². The van der Waals surface area contributed by atoms with E-state index in [1.807, 2.05) is 36.9 Å². The SMILES string of the molecule is Cc1nn(C)c(CCN)c1-c1ccccc1. The van der Waals surface area contributed by atoms with Crippen LogP contribution in [0, 0.1) is 6.92 Å². The Hall–Kier alpha value is -1.61. The third-order valence-corrected chi connectivity index (χ3v) is 2.78. The molecule has 0 spiro atoms. The molecule has 1 aromatic heterocycles. The third-order valence-electron chi connectivity index (χ3n) is 2.78. The number of rotatable bonds is 3. The number of hydrogen-bond acceptors (Lipinski definition) is 2. The number of aromatic nitrogens is 2. The van der Waals surface area contributed by atoms with Crippen molar-refractivity contribution in [3.05, 3.63) is 41.7 Å². The van der Waals surface area contributed by atoms with Crippen LogP contribution in [0.3, 0.4) is 0 Å². The number of aryl methyl sites for hydroxylation is 2. The van der Waals surface area contributed by atoms with Gasteiger partial charge in [0.05, 0.1) is 5.69 Å². The highest BCUT2D eigenvalue weighted by Crippen LogP contribution is 2.26. The van der Waals surface area contributed by atoms with Gasteiger partial charge in [-0.1, -0.05) is 30.3 Å². The van der Waals surface area contributed by atoms with Gasteiger partial charge >= 0.3 is 0 Å². The van der Waals surface area contributed by atoms with Crippen LogP contribution in [0.4, 0.5) is 0 Å². The first kappa shape index (κ1) is 10.9. The molecule has 0 aliphatic carbocycles. The highest BCUT2D eigenvalue weighted by Gasteiger charge is 2.13. The van der Waals surface area contributed by atoms with Crippen molar-refractivity contribution in [3.8, 4) is 11.1 Å². The Morgan fingerprint density at radius 1 is 1.25 bits per heavy atom. The minimum absolute atomic E-state index is 0.652. The van der Waals surface area contributed by atoms with Gasteiger partial charge in [-0.05, 0) is 19.0 Å². The van der Waals surface area contributed by atoms with Gasteiger partial charge in [0.1, 0.15) is 0 Å². The van der Waals surface area contributed by atoms with Crippen molar-refractivity contribution < 1.29 is 0 Å². The van der Waals surface area contributed by atoms with E-state index in [4.69, 9.17) is 5.73 Å². The topological polar surface area (TPSA) is 43.8 Å². The Labute approximate surface area is 95.9 Å². The van der Waals surface area contributed by atoms with Crippen LogP contribution >= 0.6 is 0 Å². The molecule has 16 heavy (non-hydrogen) atoms. The Kier molecular flexibility index (Phi) is 3.06. The summed E-state index contributed by atoms with van der Waals surface area (Å²) in [6.07, 6.45) is 0.863. The fourth-order valence-electron chi connectivity index (χ4n) is 2.11. The molecule has 0 radical (unpaired) electrons. The second-order valence-electron chi connectivity index (χ2n) is 3.94. The van der Waals surface area contributed by atoms with Crippen LogP contribution in [0.15, 0.2) is 30.3 Å². The molecule has 0 aliphatic heterocycles. The summed E-state index contributed by atoms with van der Waals surface area (Å²) in [5.74, 6) is 0. The summed E-state index contributed by atoms with van der Waals surface area (Å²) in [5.41, 5.74) is 10.4. The Balaban J connectivity index is 2.55. The van der Waals surface area contributed by atoms with Gasteiger partial charge in [-0.3, -0.25) is 4.68 Å². The van der Waals surface area contributed by atoms with Crippen molar-refractivity contribution in [2.75, 3.05) is 6.54 Å². The molecule has 2 rings (SSSR count). The normalized spacial score (nSPS) is 10.7. The molecule has 2 aromatic rings. The molecule has 0 fully saturated rings. The fourth-order valence-corrected chi connectivity index (χ4v) is 2.11. The fraction of sp³-hybridized carbons (Fsp3) is 0.308. The lowest BCUT2D eigenvalue weighted by Crippen LogP contribution is -2.08. The zero-order valence-electron chi connectivity index (χ0n) is 9.77. The van der Waals surface area contributed by atoms with Crippen molar-refractivity contribution in [2.45, 2.75) is 13.3 Å². The zero-order chi connectivity index (χ0) is 11.5. The quantitative estimate of drug-likeness (QED) is 0.849. The molecular weight excluding hydrogens is 198 g/mol. The van der Waals surface area contributed by atoms with E-state index >= 15 is 0 Å². The molecule has 0 aliphatic rings. The van der Waals surface area contributed by atoms with Crippen molar-refractivity contribution in [1.29, 1.82) is 0 Å². The maximum absolute atomic E-state index is 5.64. The Morgan fingerprint density at radius 2 is 1.94 bits per heavy atom. The first-order valence-corrected chi connectivity index (χ1v) is 5.52. The van der Waals surface area contributed by atoms with Crippen LogP contribution in [-0.2, 0) is 13.5 Å². The van der Waals surface area contributed by atoms with E-state index in [0.29, 0.717) is 6.54 Å². The minimum atomic E-state index is 0.652. The van der Waals surface area contributed by atoms with Gasteiger partial charge in [-0.25, -0.2) is 0 Å². The highest BCUT2D eigenvalue weighted by molar-refractivity contribution is 5.68. The maximum atomic E-state index is 5.64. The van der Waals surface area contributed by atoms with Crippen LogP contribution in [0.2, 0.25) is 0 Å². The van der Waals surface area contributed by atoms with E-state index in [0.717, 1.165) is 12.1 Å². The molecule has 0 bridgehead atoms. The molecule has 0 amide bonds. The first-order valence-electron chi connectivity index (χ1n) is 5.52.